The van der Waals surface area contributed by atoms with Gasteiger partial charge in [-0.3, -0.25) is 0 Å². The Balaban J connectivity index is 3.15. The molecule has 0 amide bonds. The van der Waals surface area contributed by atoms with E-state index in [0.29, 0.717) is 0 Å². The van der Waals surface area contributed by atoms with E-state index in [4.69, 9.17) is 0 Å². The molecule has 0 saturated carbocycles. The average molecular weight is 139 g/mol. The third-order valence-electron chi connectivity index (χ3n) is 1.16. The van der Waals surface area contributed by atoms with Crippen LogP contribution in [0.3, 0.4) is 0 Å². The summed E-state index contributed by atoms with van der Waals surface area (Å²) in [5.74, 6) is 0. The van der Waals surface area contributed by atoms with Crippen molar-refractivity contribution in [3.63, 3.8) is 0 Å². The lowest BCUT2D eigenvalue weighted by atomic mass is 10.3. The molecule has 0 aliphatic rings. The molecule has 0 unspecified atom stereocenters. The van der Waals surface area contributed by atoms with Crippen LogP contribution in [0, 0.1) is 0 Å². The maximum atomic E-state index is 3.04. The summed E-state index contributed by atoms with van der Waals surface area (Å²) in [7, 11) is 1.94. The topological polar surface area (TPSA) is 12.0 Å². The van der Waals surface area contributed by atoms with Gasteiger partial charge in [0.25, 0.3) is 0 Å². The van der Waals surface area contributed by atoms with Crippen LogP contribution in [0.2, 0.25) is 0 Å². The van der Waals surface area contributed by atoms with Crippen LogP contribution in [0.4, 0.5) is 0 Å². The molecule has 0 bridgehead atoms. The minimum Gasteiger partial charge on any atom is -0.316 e. The Hall–Kier alpha value is -0.560. The molecule has 0 saturated heterocycles. The van der Waals surface area contributed by atoms with Gasteiger partial charge in [-0.15, -0.1) is 0 Å². The van der Waals surface area contributed by atoms with Gasteiger partial charge in [-0.05, 0) is 13.5 Å². The molecule has 58 valence electrons. The lowest BCUT2D eigenvalue weighted by molar-refractivity contribution is 0.919. The standard InChI is InChI=1S/C9H17N/c1-3-4-5-6-7-8-9-10-2/h5-8,10H,3-4,9H2,1-2H3. The van der Waals surface area contributed by atoms with Crippen molar-refractivity contribution in [1.29, 1.82) is 0 Å². The number of unbranched alkanes of at least 4 members (excludes halogenated alkanes) is 1. The molecule has 0 aliphatic carbocycles. The first-order valence-corrected chi connectivity index (χ1v) is 3.88. The molecular formula is C9H17N. The van der Waals surface area contributed by atoms with E-state index in [1.165, 1.54) is 12.8 Å². The van der Waals surface area contributed by atoms with E-state index in [-0.39, 0.29) is 0 Å². The molecule has 0 spiro atoms. The van der Waals surface area contributed by atoms with Gasteiger partial charge in [0, 0.05) is 6.54 Å². The zero-order chi connectivity index (χ0) is 7.66. The number of allylic oxidation sites excluding steroid dienone is 3. The maximum Gasteiger partial charge on any atom is 0.0134 e. The van der Waals surface area contributed by atoms with Crippen LogP contribution in [-0.2, 0) is 0 Å². The molecule has 0 fully saturated rings. The molecule has 10 heavy (non-hydrogen) atoms. The number of nitrogens with one attached hydrogen (secondary N) is 1. The summed E-state index contributed by atoms with van der Waals surface area (Å²) >= 11 is 0. The van der Waals surface area contributed by atoms with Crippen LogP contribution in [0.1, 0.15) is 19.8 Å². The normalized spacial score (nSPS) is 11.8. The van der Waals surface area contributed by atoms with Crippen molar-refractivity contribution >= 4 is 0 Å². The highest BCUT2D eigenvalue weighted by atomic mass is 14.8. The van der Waals surface area contributed by atoms with Gasteiger partial charge >= 0.3 is 0 Å². The van der Waals surface area contributed by atoms with E-state index in [2.05, 4.69) is 36.5 Å². The highest BCUT2D eigenvalue weighted by molar-refractivity contribution is 5.02. The Labute approximate surface area is 63.8 Å². The summed E-state index contributed by atoms with van der Waals surface area (Å²) in [5.41, 5.74) is 0. The van der Waals surface area contributed by atoms with Gasteiger partial charge in [0.15, 0.2) is 0 Å². The van der Waals surface area contributed by atoms with Gasteiger partial charge in [-0.25, -0.2) is 0 Å². The molecule has 0 aliphatic heterocycles. The fourth-order valence-corrected chi connectivity index (χ4v) is 0.606. The minimum atomic E-state index is 0.955. The second kappa shape index (κ2) is 8.44. The first-order valence-electron chi connectivity index (χ1n) is 3.88. The largest absolute Gasteiger partial charge is 0.316 e. The molecular weight excluding hydrogens is 122 g/mol. The number of rotatable bonds is 5. The van der Waals surface area contributed by atoms with Gasteiger partial charge in [-0.1, -0.05) is 37.6 Å². The third-order valence-corrected chi connectivity index (χ3v) is 1.16. The summed E-state index contributed by atoms with van der Waals surface area (Å²) in [6.45, 7) is 3.14. The smallest absolute Gasteiger partial charge is 0.0134 e. The van der Waals surface area contributed by atoms with Crippen LogP contribution < -0.4 is 5.32 Å². The maximum absolute atomic E-state index is 3.04. The zero-order valence-electron chi connectivity index (χ0n) is 6.93. The molecule has 1 nitrogen and oxygen atoms in total. The molecule has 0 rings (SSSR count). The lowest BCUT2D eigenvalue weighted by Gasteiger charge is -1.84. The Morgan fingerprint density at radius 2 is 1.90 bits per heavy atom. The first kappa shape index (κ1) is 9.44. The number of likely N-dealkylation sites (N-methyl/N-ethyl adjacent to an activating group) is 1. The second-order valence-corrected chi connectivity index (χ2v) is 2.20. The third kappa shape index (κ3) is 7.44. The van der Waals surface area contributed by atoms with E-state index < -0.39 is 0 Å². The van der Waals surface area contributed by atoms with E-state index in [1.54, 1.807) is 0 Å². The van der Waals surface area contributed by atoms with Gasteiger partial charge in [0.2, 0.25) is 0 Å². The molecule has 1 N–H and O–H groups in total. The highest BCUT2D eigenvalue weighted by Gasteiger charge is 1.69. The predicted molar refractivity (Wildman–Crippen MR) is 47.1 cm³/mol. The molecule has 1 heteroatoms. The summed E-state index contributed by atoms with van der Waals surface area (Å²) in [5, 5.41) is 3.04. The highest BCUT2D eigenvalue weighted by Crippen LogP contribution is 1.87. The van der Waals surface area contributed by atoms with Crippen molar-refractivity contribution in [2.75, 3.05) is 13.6 Å². The van der Waals surface area contributed by atoms with Gasteiger partial charge in [-0.2, -0.15) is 0 Å². The van der Waals surface area contributed by atoms with E-state index in [0.717, 1.165) is 6.54 Å². The van der Waals surface area contributed by atoms with Crippen molar-refractivity contribution in [1.82, 2.24) is 5.32 Å². The van der Waals surface area contributed by atoms with Crippen LogP contribution >= 0.6 is 0 Å². The van der Waals surface area contributed by atoms with Crippen LogP contribution in [0.15, 0.2) is 24.3 Å². The fourth-order valence-electron chi connectivity index (χ4n) is 0.606. The zero-order valence-corrected chi connectivity index (χ0v) is 6.93. The summed E-state index contributed by atoms with van der Waals surface area (Å²) in [6, 6.07) is 0. The summed E-state index contributed by atoms with van der Waals surface area (Å²) < 4.78 is 0. The molecule has 0 aromatic rings. The van der Waals surface area contributed by atoms with Crippen molar-refractivity contribution in [2.24, 2.45) is 0 Å². The van der Waals surface area contributed by atoms with Gasteiger partial charge in [0.05, 0.1) is 0 Å². The number of hydrogen-bond acceptors (Lipinski definition) is 1. The Kier molecular flexibility index (Phi) is 7.97. The first-order chi connectivity index (χ1) is 4.91. The van der Waals surface area contributed by atoms with E-state index >= 15 is 0 Å². The monoisotopic (exact) mass is 139 g/mol. The SMILES string of the molecule is CCCC=CC=CCNC. The predicted octanol–water partition coefficient (Wildman–Crippen LogP) is 2.12. The van der Waals surface area contributed by atoms with Crippen molar-refractivity contribution in [3.05, 3.63) is 24.3 Å². The lowest BCUT2D eigenvalue weighted by Crippen LogP contribution is -2.03. The van der Waals surface area contributed by atoms with Gasteiger partial charge < -0.3 is 5.32 Å². The van der Waals surface area contributed by atoms with Crippen LogP contribution in [-0.4, -0.2) is 13.6 Å². The minimum absolute atomic E-state index is 0.955. The van der Waals surface area contributed by atoms with Crippen molar-refractivity contribution in [2.45, 2.75) is 19.8 Å². The second-order valence-electron chi connectivity index (χ2n) is 2.20. The molecule has 0 atom stereocenters. The molecule has 0 aromatic heterocycles. The Morgan fingerprint density at radius 3 is 2.50 bits per heavy atom. The summed E-state index contributed by atoms with van der Waals surface area (Å²) in [4.78, 5) is 0. The molecule has 0 radical (unpaired) electrons. The van der Waals surface area contributed by atoms with E-state index in [9.17, 15) is 0 Å². The van der Waals surface area contributed by atoms with Crippen molar-refractivity contribution in [3.8, 4) is 0 Å². The van der Waals surface area contributed by atoms with Crippen LogP contribution in [0.5, 0.6) is 0 Å². The van der Waals surface area contributed by atoms with Gasteiger partial charge in [0.1, 0.15) is 0 Å². The van der Waals surface area contributed by atoms with E-state index in [1.807, 2.05) is 7.05 Å². The number of hydrogen-bond donors (Lipinski definition) is 1. The molecule has 0 heterocycles. The quantitative estimate of drug-likeness (QED) is 0.575. The average Bonchev–Trinajstić information content (AvgIpc) is 1.97. The fraction of sp³-hybridized carbons (Fsp3) is 0.556. The summed E-state index contributed by atoms with van der Waals surface area (Å²) in [6.07, 6.45) is 10.9. The van der Waals surface area contributed by atoms with Crippen molar-refractivity contribution < 1.29 is 0 Å². The van der Waals surface area contributed by atoms with Crippen LogP contribution in [0.25, 0.3) is 0 Å². The molecule has 0 aromatic carbocycles. The Morgan fingerprint density at radius 1 is 1.20 bits per heavy atom. The Bertz CT molecular complexity index is 89.3.